The number of ketones is 1. The summed E-state index contributed by atoms with van der Waals surface area (Å²) in [6.45, 7) is 0. The third kappa shape index (κ3) is 3.26. The van der Waals surface area contributed by atoms with Crippen LogP contribution in [-0.2, 0) is 4.79 Å². The number of hydrogen-bond acceptors (Lipinski definition) is 3. The molecule has 0 unspecified atom stereocenters. The fourth-order valence-electron chi connectivity index (χ4n) is 2.52. The van der Waals surface area contributed by atoms with Crippen LogP contribution in [0.1, 0.15) is 21.5 Å². The molecule has 0 saturated carbocycles. The summed E-state index contributed by atoms with van der Waals surface area (Å²) in [4.78, 5) is 23.6. The van der Waals surface area contributed by atoms with Crippen molar-refractivity contribution in [1.29, 1.82) is 0 Å². The standard InChI is InChI=1S/C18H11F3O4/c19-18(20,21)16-13(17(23)24)9-12-8-11(6-7-14(12)25-16)15(22)10-4-2-1-3-5-10/h1-9,16H,(H,23,24)/t16-/m0/s1. The van der Waals surface area contributed by atoms with Gasteiger partial charge in [-0.3, -0.25) is 4.79 Å². The van der Waals surface area contributed by atoms with E-state index in [1.807, 2.05) is 0 Å². The molecule has 1 heterocycles. The minimum absolute atomic E-state index is 0.111. The van der Waals surface area contributed by atoms with E-state index < -0.39 is 23.8 Å². The van der Waals surface area contributed by atoms with Crippen molar-refractivity contribution in [1.82, 2.24) is 0 Å². The van der Waals surface area contributed by atoms with Gasteiger partial charge in [0.1, 0.15) is 5.75 Å². The first-order valence-electron chi connectivity index (χ1n) is 7.19. The Balaban J connectivity index is 2.02. The number of halogens is 3. The van der Waals surface area contributed by atoms with Gasteiger partial charge in [0, 0.05) is 16.7 Å². The molecule has 0 fully saturated rings. The lowest BCUT2D eigenvalue weighted by atomic mass is 9.96. The number of alkyl halides is 3. The van der Waals surface area contributed by atoms with Crippen molar-refractivity contribution in [2.45, 2.75) is 12.3 Å². The van der Waals surface area contributed by atoms with Crippen LogP contribution in [0.15, 0.2) is 54.1 Å². The minimum Gasteiger partial charge on any atom is -0.478 e. The minimum atomic E-state index is -4.86. The fraction of sp³-hybridized carbons (Fsp3) is 0.111. The van der Waals surface area contributed by atoms with E-state index in [2.05, 4.69) is 0 Å². The average Bonchev–Trinajstić information content (AvgIpc) is 2.59. The normalized spacial score (nSPS) is 16.4. The molecule has 0 radical (unpaired) electrons. The predicted molar refractivity (Wildman–Crippen MR) is 82.4 cm³/mol. The smallest absolute Gasteiger partial charge is 0.430 e. The molecule has 3 rings (SSSR count). The maximum atomic E-state index is 13.0. The molecule has 4 nitrogen and oxygen atoms in total. The van der Waals surface area contributed by atoms with Gasteiger partial charge in [-0.25, -0.2) is 4.79 Å². The number of rotatable bonds is 3. The van der Waals surface area contributed by atoms with Gasteiger partial charge < -0.3 is 9.84 Å². The van der Waals surface area contributed by atoms with Crippen LogP contribution in [0.3, 0.4) is 0 Å². The Morgan fingerprint density at radius 3 is 2.28 bits per heavy atom. The molecule has 0 spiro atoms. The van der Waals surface area contributed by atoms with Crippen molar-refractivity contribution < 1.29 is 32.6 Å². The highest BCUT2D eigenvalue weighted by Gasteiger charge is 2.48. The molecule has 0 bridgehead atoms. The maximum absolute atomic E-state index is 13.0. The topological polar surface area (TPSA) is 63.6 Å². The molecule has 0 amide bonds. The van der Waals surface area contributed by atoms with Crippen LogP contribution in [0.25, 0.3) is 6.08 Å². The van der Waals surface area contributed by atoms with Crippen LogP contribution >= 0.6 is 0 Å². The first kappa shape index (κ1) is 16.8. The molecular weight excluding hydrogens is 337 g/mol. The van der Waals surface area contributed by atoms with Crippen molar-refractivity contribution >= 4 is 17.8 Å². The fourth-order valence-corrected chi connectivity index (χ4v) is 2.52. The lowest BCUT2D eigenvalue weighted by Gasteiger charge is -2.27. The van der Waals surface area contributed by atoms with E-state index in [-0.39, 0.29) is 22.7 Å². The van der Waals surface area contributed by atoms with Crippen molar-refractivity contribution in [3.63, 3.8) is 0 Å². The molecule has 25 heavy (non-hydrogen) atoms. The van der Waals surface area contributed by atoms with Crippen LogP contribution in [-0.4, -0.2) is 29.1 Å². The van der Waals surface area contributed by atoms with Gasteiger partial charge in [0.2, 0.25) is 6.10 Å². The van der Waals surface area contributed by atoms with Crippen molar-refractivity contribution in [3.8, 4) is 5.75 Å². The third-order valence-electron chi connectivity index (χ3n) is 3.69. The van der Waals surface area contributed by atoms with Crippen LogP contribution in [0.4, 0.5) is 13.2 Å². The first-order chi connectivity index (χ1) is 11.8. The predicted octanol–water partition coefficient (Wildman–Crippen LogP) is 3.71. The van der Waals surface area contributed by atoms with Gasteiger partial charge in [0.25, 0.3) is 0 Å². The summed E-state index contributed by atoms with van der Waals surface area (Å²) in [5.41, 5.74) is -0.182. The second-order valence-electron chi connectivity index (χ2n) is 5.39. The zero-order valence-electron chi connectivity index (χ0n) is 12.6. The first-order valence-corrected chi connectivity index (χ1v) is 7.19. The highest BCUT2D eigenvalue weighted by molar-refractivity contribution is 6.09. The number of carboxylic acids is 1. The molecule has 2 aromatic rings. The maximum Gasteiger partial charge on any atom is 0.430 e. The summed E-state index contributed by atoms with van der Waals surface area (Å²) in [6, 6.07) is 12.2. The summed E-state index contributed by atoms with van der Waals surface area (Å²) < 4.78 is 43.8. The summed E-state index contributed by atoms with van der Waals surface area (Å²) in [5.74, 6) is -2.18. The van der Waals surface area contributed by atoms with Crippen molar-refractivity contribution in [3.05, 3.63) is 70.8 Å². The van der Waals surface area contributed by atoms with Gasteiger partial charge in [0.15, 0.2) is 5.78 Å². The number of ether oxygens (including phenoxy) is 1. The second kappa shape index (κ2) is 6.08. The monoisotopic (exact) mass is 348 g/mol. The largest absolute Gasteiger partial charge is 0.478 e. The van der Waals surface area contributed by atoms with E-state index in [1.165, 1.54) is 18.2 Å². The molecule has 7 heteroatoms. The van der Waals surface area contributed by atoms with E-state index in [4.69, 9.17) is 9.84 Å². The van der Waals surface area contributed by atoms with E-state index in [9.17, 15) is 22.8 Å². The zero-order valence-corrected chi connectivity index (χ0v) is 12.6. The van der Waals surface area contributed by atoms with Gasteiger partial charge in [0.05, 0.1) is 5.57 Å². The van der Waals surface area contributed by atoms with Crippen LogP contribution < -0.4 is 4.74 Å². The van der Waals surface area contributed by atoms with Gasteiger partial charge in [-0.15, -0.1) is 0 Å². The molecule has 1 aliphatic heterocycles. The van der Waals surface area contributed by atoms with Gasteiger partial charge in [-0.05, 0) is 24.3 Å². The number of aliphatic carboxylic acids is 1. The lowest BCUT2D eigenvalue weighted by Crippen LogP contribution is -2.40. The molecule has 0 saturated heterocycles. The van der Waals surface area contributed by atoms with Gasteiger partial charge in [-0.1, -0.05) is 30.3 Å². The summed E-state index contributed by atoms with van der Waals surface area (Å²) in [7, 11) is 0. The SMILES string of the molecule is O=C(O)C1=Cc2cc(C(=O)c3ccccc3)ccc2O[C@@H]1C(F)(F)F. The molecule has 0 aliphatic carbocycles. The quantitative estimate of drug-likeness (QED) is 0.859. The zero-order chi connectivity index (χ0) is 18.2. The van der Waals surface area contributed by atoms with E-state index in [0.29, 0.717) is 5.56 Å². The number of carboxylic acid groups (broad SMARTS) is 1. The molecule has 1 atom stereocenters. The van der Waals surface area contributed by atoms with E-state index in [1.54, 1.807) is 30.3 Å². The molecule has 2 aromatic carbocycles. The summed E-state index contributed by atoms with van der Waals surface area (Å²) >= 11 is 0. The van der Waals surface area contributed by atoms with Gasteiger partial charge in [-0.2, -0.15) is 13.2 Å². The van der Waals surface area contributed by atoms with Gasteiger partial charge >= 0.3 is 12.1 Å². The molecule has 0 aromatic heterocycles. The Bertz CT molecular complexity index is 870. The van der Waals surface area contributed by atoms with Crippen LogP contribution in [0, 0.1) is 0 Å². The van der Waals surface area contributed by atoms with Crippen LogP contribution in [0.2, 0.25) is 0 Å². The Labute approximate surface area is 140 Å². The summed E-state index contributed by atoms with van der Waals surface area (Å²) in [5, 5.41) is 9.04. The summed E-state index contributed by atoms with van der Waals surface area (Å²) in [6.07, 6.45) is -6.52. The number of fused-ring (bicyclic) bond motifs is 1. The molecule has 128 valence electrons. The highest BCUT2D eigenvalue weighted by atomic mass is 19.4. The number of carbonyl (C=O) groups excluding carboxylic acids is 1. The number of hydrogen-bond donors (Lipinski definition) is 1. The third-order valence-corrected chi connectivity index (χ3v) is 3.69. The Morgan fingerprint density at radius 2 is 1.68 bits per heavy atom. The van der Waals surface area contributed by atoms with E-state index >= 15 is 0 Å². The Morgan fingerprint density at radius 1 is 1.00 bits per heavy atom. The van der Waals surface area contributed by atoms with Crippen LogP contribution in [0.5, 0.6) is 5.75 Å². The molecular formula is C18H11F3O4. The highest BCUT2D eigenvalue weighted by Crippen LogP contribution is 2.37. The Kier molecular flexibility index (Phi) is 4.08. The second-order valence-corrected chi connectivity index (χ2v) is 5.39. The molecule has 1 aliphatic rings. The Hall–Kier alpha value is -3.09. The number of carbonyl (C=O) groups is 2. The lowest BCUT2D eigenvalue weighted by molar-refractivity contribution is -0.187. The average molecular weight is 348 g/mol. The van der Waals surface area contributed by atoms with E-state index in [0.717, 1.165) is 6.08 Å². The van der Waals surface area contributed by atoms with Crippen molar-refractivity contribution in [2.24, 2.45) is 0 Å². The number of benzene rings is 2. The van der Waals surface area contributed by atoms with Crippen molar-refractivity contribution in [2.75, 3.05) is 0 Å². The molecule has 1 N–H and O–H groups in total.